The number of rotatable bonds is 7. The van der Waals surface area contributed by atoms with Gasteiger partial charge in [-0.05, 0) is 44.4 Å². The summed E-state index contributed by atoms with van der Waals surface area (Å²) in [6, 6.07) is 4.54. The van der Waals surface area contributed by atoms with Crippen LogP contribution in [0.3, 0.4) is 0 Å². The Hall–Kier alpha value is -0.0900. The molecule has 0 bridgehead atoms. The Balaban J connectivity index is 2.11. The lowest BCUT2D eigenvalue weighted by molar-refractivity contribution is -0.0670. The Labute approximate surface area is 131 Å². The molecule has 1 unspecified atom stereocenters. The van der Waals surface area contributed by atoms with Crippen molar-refractivity contribution < 1.29 is 4.74 Å². The van der Waals surface area contributed by atoms with Crippen LogP contribution in [0.4, 0.5) is 0 Å². The maximum atomic E-state index is 6.07. The molecule has 0 aliphatic heterocycles. The van der Waals surface area contributed by atoms with E-state index < -0.39 is 0 Å². The highest BCUT2D eigenvalue weighted by molar-refractivity contribution is 7.16. The lowest BCUT2D eigenvalue weighted by Crippen LogP contribution is -2.54. The van der Waals surface area contributed by atoms with Crippen molar-refractivity contribution in [1.29, 1.82) is 0 Å². The minimum atomic E-state index is 0.00386. The highest BCUT2D eigenvalue weighted by Gasteiger charge is 2.39. The smallest absolute Gasteiger partial charge is 0.0931 e. The van der Waals surface area contributed by atoms with Crippen molar-refractivity contribution in [2.45, 2.75) is 63.5 Å². The summed E-state index contributed by atoms with van der Waals surface area (Å²) in [6.45, 7) is 3.27. The Kier molecular flexibility index (Phi) is 6.34. The molecule has 0 amide bonds. The number of ether oxygens (including phenoxy) is 1. The van der Waals surface area contributed by atoms with Crippen LogP contribution in [0.5, 0.6) is 0 Å². The van der Waals surface area contributed by atoms with Crippen molar-refractivity contribution in [2.75, 3.05) is 13.7 Å². The number of halogens is 1. The minimum Gasteiger partial charge on any atom is -0.377 e. The summed E-state index contributed by atoms with van der Waals surface area (Å²) in [7, 11) is 1.88. The van der Waals surface area contributed by atoms with Crippen LogP contribution in [-0.4, -0.2) is 25.3 Å². The van der Waals surface area contributed by atoms with Crippen LogP contribution in [-0.2, 0) is 11.2 Å². The minimum absolute atomic E-state index is 0.00386. The molecule has 20 heavy (non-hydrogen) atoms. The fraction of sp³-hybridized carbons (Fsp3) is 0.750. The Bertz CT molecular complexity index is 401. The second kappa shape index (κ2) is 7.79. The number of nitrogens with one attached hydrogen (secondary N) is 1. The fourth-order valence-corrected chi connectivity index (χ4v) is 4.40. The molecule has 0 saturated heterocycles. The van der Waals surface area contributed by atoms with Crippen molar-refractivity contribution in [2.24, 2.45) is 0 Å². The van der Waals surface area contributed by atoms with E-state index in [2.05, 4.69) is 18.3 Å². The summed E-state index contributed by atoms with van der Waals surface area (Å²) in [5.74, 6) is 0. The highest BCUT2D eigenvalue weighted by atomic mass is 35.5. The molecule has 1 aliphatic carbocycles. The number of methoxy groups -OCH3 is 1. The molecule has 1 aromatic heterocycles. The molecule has 0 spiro atoms. The quantitative estimate of drug-likeness (QED) is 0.790. The van der Waals surface area contributed by atoms with Crippen LogP contribution >= 0.6 is 22.9 Å². The molecule has 2 nitrogen and oxygen atoms in total. The van der Waals surface area contributed by atoms with Crippen molar-refractivity contribution in [3.8, 4) is 0 Å². The molecule has 1 heterocycles. The molecule has 1 N–H and O–H groups in total. The van der Waals surface area contributed by atoms with E-state index in [-0.39, 0.29) is 5.60 Å². The standard InChI is InChI=1S/C16H26ClNOS/c1-3-11-18-14(12-13-7-8-15(17)20-13)16(19-2)9-5-4-6-10-16/h7-8,14,18H,3-6,9-12H2,1-2H3. The van der Waals surface area contributed by atoms with Gasteiger partial charge in [0.2, 0.25) is 0 Å². The third-order valence-electron chi connectivity index (χ3n) is 4.42. The van der Waals surface area contributed by atoms with E-state index >= 15 is 0 Å². The van der Waals surface area contributed by atoms with E-state index in [4.69, 9.17) is 16.3 Å². The zero-order chi connectivity index (χ0) is 14.4. The van der Waals surface area contributed by atoms with Crippen LogP contribution in [0, 0.1) is 0 Å². The van der Waals surface area contributed by atoms with E-state index in [0.717, 1.165) is 23.7 Å². The third-order valence-corrected chi connectivity index (χ3v) is 5.67. The van der Waals surface area contributed by atoms with E-state index in [1.165, 1.54) is 37.0 Å². The summed E-state index contributed by atoms with van der Waals surface area (Å²) < 4.78 is 6.91. The second-order valence-electron chi connectivity index (χ2n) is 5.75. The number of thiophene rings is 1. The molecule has 114 valence electrons. The molecular formula is C16H26ClNOS. The molecule has 1 aliphatic rings. The van der Waals surface area contributed by atoms with Gasteiger partial charge in [0.25, 0.3) is 0 Å². The first kappa shape index (κ1) is 16.3. The lowest BCUT2D eigenvalue weighted by atomic mass is 9.77. The zero-order valence-electron chi connectivity index (χ0n) is 12.6. The van der Waals surface area contributed by atoms with Gasteiger partial charge in [-0.25, -0.2) is 0 Å². The SMILES string of the molecule is CCCNC(Cc1ccc(Cl)s1)C1(OC)CCCCC1. The van der Waals surface area contributed by atoms with E-state index in [9.17, 15) is 0 Å². The molecule has 0 aromatic carbocycles. The number of hydrogen-bond donors (Lipinski definition) is 1. The second-order valence-corrected chi connectivity index (χ2v) is 7.55. The average Bonchev–Trinajstić information content (AvgIpc) is 2.89. The van der Waals surface area contributed by atoms with E-state index in [1.54, 1.807) is 11.3 Å². The van der Waals surface area contributed by atoms with Gasteiger partial charge < -0.3 is 10.1 Å². The van der Waals surface area contributed by atoms with E-state index in [0.29, 0.717) is 6.04 Å². The summed E-state index contributed by atoms with van der Waals surface area (Å²) >= 11 is 7.76. The van der Waals surface area contributed by atoms with Gasteiger partial charge in [0.1, 0.15) is 0 Å². The maximum absolute atomic E-state index is 6.07. The largest absolute Gasteiger partial charge is 0.377 e. The summed E-state index contributed by atoms with van der Waals surface area (Å²) in [5, 5.41) is 3.73. The van der Waals surface area contributed by atoms with Gasteiger partial charge in [-0.3, -0.25) is 0 Å². The first-order chi connectivity index (χ1) is 9.70. The topological polar surface area (TPSA) is 21.3 Å². The number of hydrogen-bond acceptors (Lipinski definition) is 3. The molecule has 4 heteroatoms. The van der Waals surface area contributed by atoms with Crippen LogP contribution in [0.25, 0.3) is 0 Å². The van der Waals surface area contributed by atoms with Gasteiger partial charge in [0, 0.05) is 18.0 Å². The first-order valence-electron chi connectivity index (χ1n) is 7.73. The summed E-state index contributed by atoms with van der Waals surface area (Å²) in [4.78, 5) is 1.35. The van der Waals surface area contributed by atoms with Gasteiger partial charge in [0.05, 0.1) is 9.94 Å². The molecule has 1 saturated carbocycles. The molecule has 1 aromatic rings. The normalized spacial score (nSPS) is 19.9. The monoisotopic (exact) mass is 315 g/mol. The van der Waals surface area contributed by atoms with Gasteiger partial charge in [-0.2, -0.15) is 0 Å². The lowest BCUT2D eigenvalue weighted by Gasteiger charge is -2.43. The van der Waals surface area contributed by atoms with Gasteiger partial charge in [-0.15, -0.1) is 11.3 Å². The molecule has 1 fully saturated rings. The molecular weight excluding hydrogens is 290 g/mol. The Morgan fingerprint density at radius 3 is 2.65 bits per heavy atom. The van der Waals surface area contributed by atoms with Crippen molar-refractivity contribution in [3.63, 3.8) is 0 Å². The average molecular weight is 316 g/mol. The predicted octanol–water partition coefficient (Wildman–Crippen LogP) is 4.66. The van der Waals surface area contributed by atoms with Gasteiger partial charge >= 0.3 is 0 Å². The third kappa shape index (κ3) is 3.97. The Morgan fingerprint density at radius 2 is 2.10 bits per heavy atom. The summed E-state index contributed by atoms with van der Waals surface area (Å²) in [6.07, 6.45) is 8.42. The fourth-order valence-electron chi connectivity index (χ4n) is 3.27. The van der Waals surface area contributed by atoms with Crippen LogP contribution in [0.1, 0.15) is 50.3 Å². The molecule has 2 rings (SSSR count). The van der Waals surface area contributed by atoms with Crippen LogP contribution in [0.2, 0.25) is 4.34 Å². The van der Waals surface area contributed by atoms with E-state index in [1.807, 2.05) is 13.2 Å². The van der Waals surface area contributed by atoms with Gasteiger partial charge in [0.15, 0.2) is 0 Å². The Morgan fingerprint density at radius 1 is 1.35 bits per heavy atom. The van der Waals surface area contributed by atoms with Crippen LogP contribution in [0.15, 0.2) is 12.1 Å². The predicted molar refractivity (Wildman–Crippen MR) is 87.9 cm³/mol. The van der Waals surface area contributed by atoms with Crippen molar-refractivity contribution >= 4 is 22.9 Å². The zero-order valence-corrected chi connectivity index (χ0v) is 14.2. The van der Waals surface area contributed by atoms with Crippen LogP contribution < -0.4 is 5.32 Å². The maximum Gasteiger partial charge on any atom is 0.0931 e. The summed E-state index contributed by atoms with van der Waals surface area (Å²) in [5.41, 5.74) is 0.00386. The molecule has 0 radical (unpaired) electrons. The van der Waals surface area contributed by atoms with Crippen molar-refractivity contribution in [1.82, 2.24) is 5.32 Å². The first-order valence-corrected chi connectivity index (χ1v) is 8.92. The highest BCUT2D eigenvalue weighted by Crippen LogP contribution is 2.36. The van der Waals surface area contributed by atoms with Crippen molar-refractivity contribution in [3.05, 3.63) is 21.3 Å². The van der Waals surface area contributed by atoms with Gasteiger partial charge in [-0.1, -0.05) is 37.8 Å². The molecule has 1 atom stereocenters.